The molecule has 0 atom stereocenters. The summed E-state index contributed by atoms with van der Waals surface area (Å²) in [5.41, 5.74) is 4.39. The number of ether oxygens (including phenoxy) is 1. The number of fused-ring (bicyclic) bond motifs is 1. The van der Waals surface area contributed by atoms with Crippen LogP contribution in [0.1, 0.15) is 12.0 Å². The molecule has 0 bridgehead atoms. The zero-order chi connectivity index (χ0) is 18.4. The molecule has 1 aromatic heterocycles. The lowest BCUT2D eigenvalue weighted by molar-refractivity contribution is 0.190. The number of rotatable bonds is 7. The fourth-order valence-corrected chi connectivity index (χ4v) is 3.00. The molecule has 0 saturated carbocycles. The number of hydrogen-bond acceptors (Lipinski definition) is 5. The van der Waals surface area contributed by atoms with Gasteiger partial charge in [-0.3, -0.25) is 9.36 Å². The van der Waals surface area contributed by atoms with Crippen LogP contribution in [0.4, 0.5) is 5.95 Å². The smallest absolute Gasteiger partial charge is 0.262 e. The summed E-state index contributed by atoms with van der Waals surface area (Å²) in [5.74, 6) is 0.413. The molecule has 0 aliphatic heterocycles. The third kappa shape index (κ3) is 4.36. The van der Waals surface area contributed by atoms with Gasteiger partial charge in [0.25, 0.3) is 5.56 Å². The second-order valence-electron chi connectivity index (χ2n) is 5.68. The Kier molecular flexibility index (Phi) is 6.14. The van der Waals surface area contributed by atoms with Gasteiger partial charge < -0.3 is 4.74 Å². The van der Waals surface area contributed by atoms with Crippen LogP contribution >= 0.6 is 15.9 Å². The molecule has 2 aromatic carbocycles. The van der Waals surface area contributed by atoms with Crippen LogP contribution in [0.3, 0.4) is 0 Å². The van der Waals surface area contributed by atoms with Crippen LogP contribution in [-0.2, 0) is 11.3 Å². The number of nitrogens with zero attached hydrogens (tertiary/aromatic N) is 3. The number of aromatic nitrogens is 2. The Morgan fingerprint density at radius 1 is 1.27 bits per heavy atom. The maximum absolute atomic E-state index is 12.8. The Bertz CT molecular complexity index is 985. The van der Waals surface area contributed by atoms with Gasteiger partial charge >= 0.3 is 0 Å². The van der Waals surface area contributed by atoms with Crippen molar-refractivity contribution < 1.29 is 4.74 Å². The van der Waals surface area contributed by atoms with Crippen molar-refractivity contribution in [1.29, 1.82) is 0 Å². The fraction of sp³-hybridized carbons (Fsp3) is 0.211. The van der Waals surface area contributed by atoms with Crippen molar-refractivity contribution in [3.8, 4) is 0 Å². The van der Waals surface area contributed by atoms with Crippen molar-refractivity contribution in [1.82, 2.24) is 9.55 Å². The van der Waals surface area contributed by atoms with E-state index in [0.717, 1.165) is 10.0 Å². The van der Waals surface area contributed by atoms with Crippen molar-refractivity contribution in [2.45, 2.75) is 13.0 Å². The van der Waals surface area contributed by atoms with Crippen LogP contribution in [0.25, 0.3) is 10.9 Å². The first-order valence-corrected chi connectivity index (χ1v) is 9.01. The van der Waals surface area contributed by atoms with Gasteiger partial charge in [-0.1, -0.05) is 40.2 Å². The Balaban J connectivity index is 1.92. The van der Waals surface area contributed by atoms with E-state index in [4.69, 9.17) is 4.74 Å². The van der Waals surface area contributed by atoms with Crippen molar-refractivity contribution >= 4 is 39.0 Å². The first-order valence-electron chi connectivity index (χ1n) is 8.22. The van der Waals surface area contributed by atoms with E-state index in [-0.39, 0.29) is 5.56 Å². The molecule has 1 heterocycles. The molecule has 3 rings (SSSR count). The first kappa shape index (κ1) is 18.3. The highest BCUT2D eigenvalue weighted by Crippen LogP contribution is 2.13. The summed E-state index contributed by atoms with van der Waals surface area (Å²) in [7, 11) is 1.64. The van der Waals surface area contributed by atoms with Crippen LogP contribution in [0.15, 0.2) is 62.9 Å². The monoisotopic (exact) mass is 414 g/mol. The molecule has 0 amide bonds. The maximum atomic E-state index is 12.8. The van der Waals surface area contributed by atoms with Gasteiger partial charge in [-0.05, 0) is 36.2 Å². The molecule has 6 nitrogen and oxygen atoms in total. The zero-order valence-corrected chi connectivity index (χ0v) is 15.9. The lowest BCUT2D eigenvalue weighted by Gasteiger charge is -2.12. The second kappa shape index (κ2) is 8.73. The van der Waals surface area contributed by atoms with E-state index in [1.54, 1.807) is 24.0 Å². The molecular formula is C19H19BrN4O2. The highest BCUT2D eigenvalue weighted by molar-refractivity contribution is 9.10. The molecule has 7 heteroatoms. The molecule has 0 radical (unpaired) electrons. The lowest BCUT2D eigenvalue weighted by atomic mass is 10.2. The van der Waals surface area contributed by atoms with E-state index in [1.165, 1.54) is 0 Å². The highest BCUT2D eigenvalue weighted by Gasteiger charge is 2.10. The molecule has 3 aromatic rings. The van der Waals surface area contributed by atoms with Gasteiger partial charge in [-0.15, -0.1) is 0 Å². The minimum absolute atomic E-state index is 0.0909. The zero-order valence-electron chi connectivity index (χ0n) is 14.4. The Labute approximate surface area is 159 Å². The molecule has 0 aliphatic carbocycles. The topological polar surface area (TPSA) is 68.5 Å². The third-order valence-electron chi connectivity index (χ3n) is 3.82. The number of methoxy groups -OCH3 is 1. The van der Waals surface area contributed by atoms with Crippen LogP contribution in [0, 0.1) is 0 Å². The van der Waals surface area contributed by atoms with Crippen molar-refractivity contribution in [3.05, 3.63) is 68.9 Å². The van der Waals surface area contributed by atoms with E-state index in [1.807, 2.05) is 42.5 Å². The molecule has 26 heavy (non-hydrogen) atoms. The van der Waals surface area contributed by atoms with Crippen molar-refractivity contribution in [3.63, 3.8) is 0 Å². The van der Waals surface area contributed by atoms with E-state index < -0.39 is 0 Å². The molecule has 0 spiro atoms. The molecule has 134 valence electrons. The average Bonchev–Trinajstić information content (AvgIpc) is 2.64. The van der Waals surface area contributed by atoms with Gasteiger partial charge in [0.1, 0.15) is 0 Å². The number of nitrogens with one attached hydrogen (secondary N) is 1. The Hall–Kier alpha value is -2.51. The number of hydrogen-bond donors (Lipinski definition) is 1. The maximum Gasteiger partial charge on any atom is 0.262 e. The van der Waals surface area contributed by atoms with E-state index in [9.17, 15) is 4.79 Å². The van der Waals surface area contributed by atoms with Crippen LogP contribution in [0.2, 0.25) is 0 Å². The van der Waals surface area contributed by atoms with Crippen LogP contribution < -0.4 is 11.0 Å². The van der Waals surface area contributed by atoms with Gasteiger partial charge in [0, 0.05) is 24.7 Å². The third-order valence-corrected chi connectivity index (χ3v) is 4.31. The standard InChI is InChI=1S/C19H19BrN4O2/c1-26-11-5-10-24-18(25)16-8-2-3-9-17(16)22-19(24)23-21-13-14-6-4-7-15(20)12-14/h2-4,6-9,12-13H,5,10-11H2,1H3,(H,22,23)/b21-13-. The minimum Gasteiger partial charge on any atom is -0.385 e. The minimum atomic E-state index is -0.0909. The number of anilines is 1. The first-order chi connectivity index (χ1) is 12.7. The summed E-state index contributed by atoms with van der Waals surface area (Å²) in [6.07, 6.45) is 2.39. The SMILES string of the molecule is COCCCn1c(N/N=C\c2cccc(Br)c2)nc2ccccc2c1=O. The van der Waals surface area contributed by atoms with Gasteiger partial charge in [0.15, 0.2) is 0 Å². The second-order valence-corrected chi connectivity index (χ2v) is 6.60. The van der Waals surface area contributed by atoms with E-state index in [2.05, 4.69) is 31.4 Å². The number of para-hydroxylation sites is 1. The average molecular weight is 415 g/mol. The normalized spacial score (nSPS) is 11.3. The lowest BCUT2D eigenvalue weighted by Crippen LogP contribution is -2.24. The van der Waals surface area contributed by atoms with Gasteiger partial charge in [-0.25, -0.2) is 10.4 Å². The summed E-state index contributed by atoms with van der Waals surface area (Å²) in [5, 5.41) is 4.83. The molecule has 0 unspecified atom stereocenters. The van der Waals surface area contributed by atoms with Gasteiger partial charge in [0.05, 0.1) is 17.1 Å². The van der Waals surface area contributed by atoms with E-state index >= 15 is 0 Å². The Morgan fingerprint density at radius 2 is 2.12 bits per heavy atom. The molecular weight excluding hydrogens is 396 g/mol. The number of benzene rings is 2. The van der Waals surface area contributed by atoms with Gasteiger partial charge in [0.2, 0.25) is 5.95 Å². The fourth-order valence-electron chi connectivity index (χ4n) is 2.58. The summed E-state index contributed by atoms with van der Waals surface area (Å²) < 4.78 is 7.66. The summed E-state index contributed by atoms with van der Waals surface area (Å²) in [4.78, 5) is 17.4. The highest BCUT2D eigenvalue weighted by atomic mass is 79.9. The van der Waals surface area contributed by atoms with Crippen molar-refractivity contribution in [2.24, 2.45) is 5.10 Å². The molecule has 0 fully saturated rings. The largest absolute Gasteiger partial charge is 0.385 e. The van der Waals surface area contributed by atoms with Crippen molar-refractivity contribution in [2.75, 3.05) is 19.1 Å². The summed E-state index contributed by atoms with van der Waals surface area (Å²) in [6, 6.07) is 15.1. The summed E-state index contributed by atoms with van der Waals surface area (Å²) >= 11 is 3.43. The van der Waals surface area contributed by atoms with Gasteiger partial charge in [-0.2, -0.15) is 5.10 Å². The molecule has 0 aliphatic rings. The number of halogens is 1. The van der Waals surface area contributed by atoms with E-state index in [0.29, 0.717) is 36.4 Å². The molecule has 1 N–H and O–H groups in total. The predicted molar refractivity (Wildman–Crippen MR) is 108 cm³/mol. The summed E-state index contributed by atoms with van der Waals surface area (Å²) in [6.45, 7) is 1.07. The number of hydrazone groups is 1. The quantitative estimate of drug-likeness (QED) is 0.364. The predicted octanol–water partition coefficient (Wildman–Crippen LogP) is 3.64. The van der Waals surface area contributed by atoms with Crippen LogP contribution in [-0.4, -0.2) is 29.5 Å². The van der Waals surface area contributed by atoms with Crippen LogP contribution in [0.5, 0.6) is 0 Å². The Morgan fingerprint density at radius 3 is 2.92 bits per heavy atom. The molecule has 0 saturated heterocycles.